The fourth-order valence-electron chi connectivity index (χ4n) is 2.22. The molecule has 0 heterocycles. The van der Waals surface area contributed by atoms with Crippen LogP contribution in [0.4, 0.5) is 5.69 Å². The lowest BCUT2D eigenvalue weighted by atomic mass is 10.1. The number of carbonyl (C=O) groups excluding carboxylic acids is 2. The molecule has 0 saturated carbocycles. The van der Waals surface area contributed by atoms with Gasteiger partial charge in [0.15, 0.2) is 0 Å². The smallest absolute Gasteiger partial charge is 0.255 e. The van der Waals surface area contributed by atoms with E-state index in [2.05, 4.69) is 10.6 Å². The van der Waals surface area contributed by atoms with Crippen LogP contribution >= 0.6 is 11.6 Å². The maximum absolute atomic E-state index is 12.3. The zero-order valence-electron chi connectivity index (χ0n) is 14.9. The Hall–Kier alpha value is -2.79. The summed E-state index contributed by atoms with van der Waals surface area (Å²) in [5.74, 6) is 0.166. The molecule has 0 atom stereocenters. The first-order valence-corrected chi connectivity index (χ1v) is 8.43. The van der Waals surface area contributed by atoms with Gasteiger partial charge in [-0.15, -0.1) is 0 Å². The van der Waals surface area contributed by atoms with Crippen LogP contribution in [0.3, 0.4) is 0 Å². The number of rotatable bonds is 6. The molecule has 2 amide bonds. The third-order valence-electron chi connectivity index (χ3n) is 3.51. The number of amides is 2. The zero-order chi connectivity index (χ0) is 19.1. The Labute approximate surface area is 158 Å². The maximum Gasteiger partial charge on any atom is 0.255 e. The minimum Gasteiger partial charge on any atom is -0.495 e. The summed E-state index contributed by atoms with van der Waals surface area (Å²) in [6.07, 6.45) is 1.54. The first kappa shape index (κ1) is 19.5. The highest BCUT2D eigenvalue weighted by Gasteiger charge is 2.08. The molecule has 2 aromatic rings. The quantitative estimate of drug-likeness (QED) is 0.747. The highest BCUT2D eigenvalue weighted by atomic mass is 35.5. The van der Waals surface area contributed by atoms with Crippen molar-refractivity contribution in [2.24, 2.45) is 0 Å². The van der Waals surface area contributed by atoms with E-state index in [0.717, 1.165) is 11.1 Å². The second-order valence-corrected chi connectivity index (χ2v) is 6.35. The van der Waals surface area contributed by atoms with Crippen LogP contribution in [0.1, 0.15) is 29.8 Å². The molecular weight excluding hydrogens is 352 g/mol. The van der Waals surface area contributed by atoms with Crippen molar-refractivity contribution >= 4 is 29.1 Å². The van der Waals surface area contributed by atoms with Gasteiger partial charge in [-0.3, -0.25) is 9.59 Å². The van der Waals surface area contributed by atoms with E-state index < -0.39 is 0 Å². The summed E-state index contributed by atoms with van der Waals surface area (Å²) in [6.45, 7) is 4.13. The lowest BCUT2D eigenvalue weighted by Crippen LogP contribution is -2.20. The highest BCUT2D eigenvalue weighted by molar-refractivity contribution is 6.32. The Morgan fingerprint density at radius 2 is 1.81 bits per heavy atom. The molecule has 0 aliphatic carbocycles. The van der Waals surface area contributed by atoms with Gasteiger partial charge >= 0.3 is 0 Å². The monoisotopic (exact) mass is 372 g/mol. The molecule has 0 aromatic heterocycles. The first-order chi connectivity index (χ1) is 12.4. The molecule has 2 rings (SSSR count). The average Bonchev–Trinajstić information content (AvgIpc) is 2.60. The van der Waals surface area contributed by atoms with Crippen molar-refractivity contribution in [3.63, 3.8) is 0 Å². The molecule has 0 unspecified atom stereocenters. The number of benzene rings is 2. The van der Waals surface area contributed by atoms with Crippen molar-refractivity contribution < 1.29 is 14.3 Å². The van der Waals surface area contributed by atoms with Gasteiger partial charge in [0, 0.05) is 23.9 Å². The summed E-state index contributed by atoms with van der Waals surface area (Å²) in [7, 11) is 1.53. The van der Waals surface area contributed by atoms with Crippen molar-refractivity contribution in [3.8, 4) is 5.75 Å². The Balaban J connectivity index is 1.97. The van der Waals surface area contributed by atoms with Crippen LogP contribution in [0.15, 0.2) is 54.1 Å². The third-order valence-corrected chi connectivity index (χ3v) is 3.81. The highest BCUT2D eigenvalue weighted by Crippen LogP contribution is 2.27. The Kier molecular flexibility index (Phi) is 6.81. The van der Waals surface area contributed by atoms with E-state index >= 15 is 0 Å². The molecule has 2 aromatic carbocycles. The minimum absolute atomic E-state index is 0.136. The van der Waals surface area contributed by atoms with E-state index in [1.807, 2.05) is 13.8 Å². The fraction of sp³-hybridized carbons (Fsp3) is 0.200. The van der Waals surface area contributed by atoms with E-state index in [9.17, 15) is 9.59 Å². The van der Waals surface area contributed by atoms with Crippen LogP contribution < -0.4 is 15.4 Å². The normalized spacial score (nSPS) is 10.0. The number of hydrogen-bond donors (Lipinski definition) is 2. The maximum atomic E-state index is 12.3. The molecule has 0 aliphatic rings. The number of halogens is 1. The van der Waals surface area contributed by atoms with E-state index in [4.69, 9.17) is 16.3 Å². The van der Waals surface area contributed by atoms with Gasteiger partial charge in [-0.2, -0.15) is 0 Å². The van der Waals surface area contributed by atoms with E-state index in [0.29, 0.717) is 28.6 Å². The number of hydrogen-bond acceptors (Lipinski definition) is 3. The summed E-state index contributed by atoms with van der Waals surface area (Å²) in [6, 6.07) is 12.1. The van der Waals surface area contributed by atoms with Gasteiger partial charge < -0.3 is 15.4 Å². The molecule has 0 saturated heterocycles. The predicted octanol–water partition coefficient (Wildman–Crippen LogP) is 4.18. The fourth-order valence-corrected chi connectivity index (χ4v) is 2.48. The molecule has 0 fully saturated rings. The van der Waals surface area contributed by atoms with E-state index in [-0.39, 0.29) is 11.8 Å². The van der Waals surface area contributed by atoms with Crippen LogP contribution in [0.2, 0.25) is 5.02 Å². The Morgan fingerprint density at radius 1 is 1.12 bits per heavy atom. The second kappa shape index (κ2) is 9.06. The molecule has 26 heavy (non-hydrogen) atoms. The van der Waals surface area contributed by atoms with E-state index in [1.54, 1.807) is 48.5 Å². The summed E-state index contributed by atoms with van der Waals surface area (Å²) in [5.41, 5.74) is 2.94. The molecule has 2 N–H and O–H groups in total. The molecule has 5 nitrogen and oxygen atoms in total. The van der Waals surface area contributed by atoms with Gasteiger partial charge in [-0.05, 0) is 49.7 Å². The molecule has 0 radical (unpaired) electrons. The lowest BCUT2D eigenvalue weighted by molar-refractivity contribution is -0.116. The van der Waals surface area contributed by atoms with Gasteiger partial charge in [0.2, 0.25) is 5.91 Å². The molecule has 136 valence electrons. The van der Waals surface area contributed by atoms with Gasteiger partial charge in [0.1, 0.15) is 5.75 Å². The summed E-state index contributed by atoms with van der Waals surface area (Å²) in [4.78, 5) is 23.9. The van der Waals surface area contributed by atoms with Crippen molar-refractivity contribution in [2.75, 3.05) is 12.4 Å². The van der Waals surface area contributed by atoms with Crippen molar-refractivity contribution in [1.82, 2.24) is 5.32 Å². The summed E-state index contributed by atoms with van der Waals surface area (Å²) < 4.78 is 5.09. The second-order valence-electron chi connectivity index (χ2n) is 5.94. The van der Waals surface area contributed by atoms with Gasteiger partial charge in [0.25, 0.3) is 5.91 Å². The third kappa shape index (κ3) is 5.63. The number of ether oxygens (including phenoxy) is 1. The van der Waals surface area contributed by atoms with Crippen LogP contribution in [0, 0.1) is 0 Å². The molecule has 0 bridgehead atoms. The average molecular weight is 373 g/mol. The number of carbonyl (C=O) groups is 2. The Morgan fingerprint density at radius 3 is 2.38 bits per heavy atom. The molecule has 0 spiro atoms. The van der Waals surface area contributed by atoms with E-state index in [1.165, 1.54) is 7.11 Å². The zero-order valence-corrected chi connectivity index (χ0v) is 15.7. The lowest BCUT2D eigenvalue weighted by Gasteiger charge is -2.09. The van der Waals surface area contributed by atoms with Crippen molar-refractivity contribution in [1.29, 1.82) is 0 Å². The summed E-state index contributed by atoms with van der Waals surface area (Å²) in [5, 5.41) is 6.00. The van der Waals surface area contributed by atoms with Gasteiger partial charge in [-0.1, -0.05) is 29.3 Å². The molecule has 0 aliphatic heterocycles. The Bertz CT molecular complexity index is 825. The first-order valence-electron chi connectivity index (χ1n) is 8.05. The predicted molar refractivity (Wildman–Crippen MR) is 104 cm³/mol. The number of nitrogens with one attached hydrogen (secondary N) is 2. The van der Waals surface area contributed by atoms with Crippen molar-refractivity contribution in [3.05, 3.63) is 70.3 Å². The van der Waals surface area contributed by atoms with Crippen LogP contribution in [-0.2, 0) is 11.3 Å². The molecule has 6 heteroatoms. The number of anilines is 1. The molecular formula is C20H21ClN2O3. The number of allylic oxidation sites excluding steroid dienone is 1. The van der Waals surface area contributed by atoms with Crippen LogP contribution in [-0.4, -0.2) is 18.9 Å². The van der Waals surface area contributed by atoms with Crippen LogP contribution in [0.5, 0.6) is 5.75 Å². The van der Waals surface area contributed by atoms with Gasteiger partial charge in [0.05, 0.1) is 12.1 Å². The van der Waals surface area contributed by atoms with Gasteiger partial charge in [-0.25, -0.2) is 0 Å². The topological polar surface area (TPSA) is 67.4 Å². The van der Waals surface area contributed by atoms with Crippen molar-refractivity contribution in [2.45, 2.75) is 20.4 Å². The van der Waals surface area contributed by atoms with Crippen LogP contribution in [0.25, 0.3) is 0 Å². The standard InChI is InChI=1S/C20H21ClN2O3/c1-13(2)10-19(24)22-12-14-4-6-15(7-5-14)20(25)23-16-8-9-18(26-3)17(21)11-16/h4-11H,12H2,1-3H3,(H,22,24)(H,23,25). The minimum atomic E-state index is -0.244. The largest absolute Gasteiger partial charge is 0.495 e. The summed E-state index contributed by atoms with van der Waals surface area (Å²) >= 11 is 6.06. The number of methoxy groups -OCH3 is 1. The SMILES string of the molecule is COc1ccc(NC(=O)c2ccc(CNC(=O)C=C(C)C)cc2)cc1Cl.